The van der Waals surface area contributed by atoms with Crippen LogP contribution in [0.3, 0.4) is 0 Å². The number of alkyl halides is 5. The van der Waals surface area contributed by atoms with E-state index in [2.05, 4.69) is 16.4 Å². The van der Waals surface area contributed by atoms with Crippen LogP contribution in [0.4, 0.5) is 27.6 Å². The molecule has 1 amide bonds. The summed E-state index contributed by atoms with van der Waals surface area (Å²) in [5.74, 6) is -4.07. The quantitative estimate of drug-likeness (QED) is 0.637. The number of carbonyl (C=O) groups is 1. The van der Waals surface area contributed by atoms with Crippen molar-refractivity contribution in [3.63, 3.8) is 0 Å². The molecule has 2 bridgehead atoms. The lowest BCUT2D eigenvalue weighted by atomic mass is 9.70. The third kappa shape index (κ3) is 3.74. The van der Waals surface area contributed by atoms with E-state index in [4.69, 9.17) is 0 Å². The van der Waals surface area contributed by atoms with Gasteiger partial charge in [-0.05, 0) is 18.9 Å². The average molecular weight is 512 g/mol. The van der Waals surface area contributed by atoms with E-state index < -0.39 is 30.5 Å². The Morgan fingerprint density at radius 3 is 2.63 bits per heavy atom. The molecule has 2 aromatic heterocycles. The van der Waals surface area contributed by atoms with Crippen molar-refractivity contribution in [3.05, 3.63) is 22.7 Å². The fourth-order valence-corrected chi connectivity index (χ4v) is 7.34. The minimum absolute atomic E-state index is 0.137. The van der Waals surface area contributed by atoms with E-state index in [-0.39, 0.29) is 28.7 Å². The van der Waals surface area contributed by atoms with E-state index in [1.54, 1.807) is 4.90 Å². The van der Waals surface area contributed by atoms with Crippen LogP contribution in [0.1, 0.15) is 29.7 Å². The van der Waals surface area contributed by atoms with Crippen LogP contribution >= 0.6 is 11.3 Å². The number of likely N-dealkylation sites (tertiary alicyclic amines) is 1. The van der Waals surface area contributed by atoms with Crippen molar-refractivity contribution in [2.45, 2.75) is 49.9 Å². The Kier molecular flexibility index (Phi) is 4.90. The highest BCUT2D eigenvalue weighted by molar-refractivity contribution is 7.18. The van der Waals surface area contributed by atoms with Crippen molar-refractivity contribution in [1.29, 1.82) is 5.26 Å². The van der Waals surface area contributed by atoms with Gasteiger partial charge in [-0.25, -0.2) is 13.8 Å². The summed E-state index contributed by atoms with van der Waals surface area (Å²) in [4.78, 5) is 21.3. The van der Waals surface area contributed by atoms with Gasteiger partial charge in [0.2, 0.25) is 5.91 Å². The Morgan fingerprint density at radius 2 is 2.00 bits per heavy atom. The SMILES string of the molecule is N#Cc1cnc2sc(CC(F)(F)F)cc2c1N1CC2(CN(C(=O)[C@H]3N[C@H]4CC[C@@H]3C(F)(F)C4)C2)C1. The van der Waals surface area contributed by atoms with Gasteiger partial charge in [0.05, 0.1) is 23.7 Å². The Morgan fingerprint density at radius 1 is 1.26 bits per heavy atom. The number of hydrogen-bond acceptors (Lipinski definition) is 6. The summed E-state index contributed by atoms with van der Waals surface area (Å²) in [6.07, 6.45) is -3.20. The maximum atomic E-state index is 14.3. The predicted octanol–water partition coefficient (Wildman–Crippen LogP) is 3.70. The molecule has 1 spiro atoms. The van der Waals surface area contributed by atoms with Gasteiger partial charge in [0, 0.05) is 66.4 Å². The minimum Gasteiger partial charge on any atom is -0.368 e. The molecular formula is C23H22F5N5OS. The second-order valence-corrected chi connectivity index (χ2v) is 11.5. The average Bonchev–Trinajstić information content (AvgIpc) is 3.11. The molecule has 0 unspecified atom stereocenters. The Hall–Kier alpha value is -2.52. The standard InChI is InChI=1S/C23H22F5N5OS/c24-22(25)4-13-1-2-16(22)17(31-13)20(34)33-10-21(11-33)8-32(9-21)18-12(6-29)7-30-19-15(18)3-14(35-19)5-23(26,27)28/h3,7,13,16-17,31H,1-2,4-5,8-11H2/t13-,16-,17-/m0/s1. The van der Waals surface area contributed by atoms with Crippen molar-refractivity contribution >= 4 is 33.1 Å². The molecule has 4 saturated heterocycles. The van der Waals surface area contributed by atoms with Crippen LogP contribution in [0.5, 0.6) is 0 Å². The number of thiophene rings is 1. The summed E-state index contributed by atoms with van der Waals surface area (Å²) >= 11 is 0.967. The number of amides is 1. The third-order valence-electron chi connectivity index (χ3n) is 7.78. The predicted molar refractivity (Wildman–Crippen MR) is 118 cm³/mol. The third-order valence-corrected chi connectivity index (χ3v) is 8.83. The minimum atomic E-state index is -4.33. The number of carbonyl (C=O) groups excluding carboxylic acids is 1. The van der Waals surface area contributed by atoms with Crippen molar-refractivity contribution in [1.82, 2.24) is 15.2 Å². The van der Waals surface area contributed by atoms with E-state index >= 15 is 0 Å². The molecule has 5 fully saturated rings. The number of halogens is 5. The van der Waals surface area contributed by atoms with Gasteiger partial charge in [-0.3, -0.25) is 4.79 Å². The van der Waals surface area contributed by atoms with Gasteiger partial charge in [0.25, 0.3) is 5.92 Å². The summed E-state index contributed by atoms with van der Waals surface area (Å²) in [6, 6.07) is 2.36. The lowest BCUT2D eigenvalue weighted by Crippen LogP contribution is -2.76. The van der Waals surface area contributed by atoms with Gasteiger partial charge >= 0.3 is 6.18 Å². The summed E-state index contributed by atoms with van der Waals surface area (Å²) in [6.45, 7) is 1.97. The molecule has 1 aliphatic carbocycles. The van der Waals surface area contributed by atoms with Gasteiger partial charge in [-0.1, -0.05) is 0 Å². The second kappa shape index (κ2) is 7.49. The van der Waals surface area contributed by atoms with Crippen LogP contribution in [0.25, 0.3) is 10.2 Å². The number of anilines is 1. The molecular weight excluding hydrogens is 489 g/mol. The number of aromatic nitrogens is 1. The first-order valence-electron chi connectivity index (χ1n) is 11.5. The molecule has 6 nitrogen and oxygen atoms in total. The smallest absolute Gasteiger partial charge is 0.368 e. The van der Waals surface area contributed by atoms with Gasteiger partial charge in [0.15, 0.2) is 0 Å². The molecule has 0 radical (unpaired) electrons. The lowest BCUT2D eigenvalue weighted by Gasteiger charge is -2.62. The Bertz CT molecular complexity index is 1240. The second-order valence-electron chi connectivity index (χ2n) is 10.4. The number of nitrogens with zero attached hydrogens (tertiary/aromatic N) is 4. The molecule has 1 N–H and O–H groups in total. The molecule has 0 aromatic carbocycles. The fraction of sp³-hybridized carbons (Fsp3) is 0.609. The zero-order valence-electron chi connectivity index (χ0n) is 18.5. The summed E-state index contributed by atoms with van der Waals surface area (Å²) in [7, 11) is 0. The molecule has 6 heterocycles. The van der Waals surface area contributed by atoms with E-state index in [1.165, 1.54) is 12.3 Å². The normalized spacial score (nSPS) is 28.6. The highest BCUT2D eigenvalue weighted by Gasteiger charge is 2.59. The van der Waals surface area contributed by atoms with Gasteiger partial charge in [0.1, 0.15) is 10.9 Å². The van der Waals surface area contributed by atoms with Gasteiger partial charge in [-0.15, -0.1) is 11.3 Å². The zero-order valence-corrected chi connectivity index (χ0v) is 19.4. The van der Waals surface area contributed by atoms with Crippen LogP contribution in [0.15, 0.2) is 12.3 Å². The molecule has 35 heavy (non-hydrogen) atoms. The fourth-order valence-electron chi connectivity index (χ4n) is 6.31. The Balaban J connectivity index is 1.15. The molecule has 1 saturated carbocycles. The lowest BCUT2D eigenvalue weighted by molar-refractivity contribution is -0.170. The van der Waals surface area contributed by atoms with Crippen LogP contribution < -0.4 is 10.2 Å². The molecule has 186 valence electrons. The number of nitriles is 1. The number of piperidine rings is 2. The highest BCUT2D eigenvalue weighted by Crippen LogP contribution is 2.48. The number of nitrogens with one attached hydrogen (secondary N) is 1. The van der Waals surface area contributed by atoms with Crippen molar-refractivity contribution in [3.8, 4) is 6.07 Å². The maximum Gasteiger partial charge on any atom is 0.393 e. The molecule has 4 aliphatic heterocycles. The number of pyridine rings is 1. The number of fused-ring (bicyclic) bond motifs is 4. The van der Waals surface area contributed by atoms with Crippen LogP contribution in [0.2, 0.25) is 0 Å². The van der Waals surface area contributed by atoms with E-state index in [1.807, 2.05) is 4.90 Å². The van der Waals surface area contributed by atoms with Gasteiger partial charge < -0.3 is 15.1 Å². The first kappa shape index (κ1) is 22.9. The molecule has 5 aliphatic rings. The summed E-state index contributed by atoms with van der Waals surface area (Å²) < 4.78 is 67.3. The van der Waals surface area contributed by atoms with E-state index in [0.717, 1.165) is 11.3 Å². The van der Waals surface area contributed by atoms with E-state index in [0.29, 0.717) is 60.5 Å². The monoisotopic (exact) mass is 511 g/mol. The van der Waals surface area contributed by atoms with Crippen LogP contribution in [0, 0.1) is 22.7 Å². The molecule has 7 rings (SSSR count). The highest BCUT2D eigenvalue weighted by atomic mass is 32.1. The van der Waals surface area contributed by atoms with Crippen molar-refractivity contribution in [2.24, 2.45) is 11.3 Å². The number of rotatable bonds is 3. The van der Waals surface area contributed by atoms with Crippen LogP contribution in [-0.2, 0) is 11.2 Å². The first-order valence-corrected chi connectivity index (χ1v) is 12.3. The number of hydrogen-bond donors (Lipinski definition) is 1. The molecule has 2 aromatic rings. The van der Waals surface area contributed by atoms with Gasteiger partial charge in [-0.2, -0.15) is 18.4 Å². The van der Waals surface area contributed by atoms with Crippen molar-refractivity contribution in [2.75, 3.05) is 31.1 Å². The summed E-state index contributed by atoms with van der Waals surface area (Å²) in [5, 5.41) is 13.2. The first-order chi connectivity index (χ1) is 16.5. The molecule has 3 atom stereocenters. The Labute approximate surface area is 201 Å². The summed E-state index contributed by atoms with van der Waals surface area (Å²) in [5.41, 5.74) is 0.669. The molecule has 12 heteroatoms. The zero-order chi connectivity index (χ0) is 24.8. The largest absolute Gasteiger partial charge is 0.393 e. The van der Waals surface area contributed by atoms with E-state index in [9.17, 15) is 32.0 Å². The topological polar surface area (TPSA) is 72.3 Å². The van der Waals surface area contributed by atoms with Crippen LogP contribution in [-0.4, -0.2) is 66.2 Å². The van der Waals surface area contributed by atoms with Crippen molar-refractivity contribution < 1.29 is 26.7 Å². The maximum absolute atomic E-state index is 14.3.